The average molecular weight is 352 g/mol. The van der Waals surface area contributed by atoms with Crippen LogP contribution in [0.15, 0.2) is 48.5 Å². The van der Waals surface area contributed by atoms with E-state index in [1.807, 2.05) is 0 Å². The van der Waals surface area contributed by atoms with Gasteiger partial charge in [0.15, 0.2) is 5.11 Å². The zero-order chi connectivity index (χ0) is 16.5. The fourth-order valence-corrected chi connectivity index (χ4v) is 3.03. The van der Waals surface area contributed by atoms with Gasteiger partial charge in [0.1, 0.15) is 11.6 Å². The number of hydrogen-bond donors (Lipinski definition) is 2. The molecule has 0 saturated heterocycles. The van der Waals surface area contributed by atoms with Crippen LogP contribution in [0, 0.1) is 11.6 Å². The van der Waals surface area contributed by atoms with Crippen LogP contribution >= 0.6 is 24.0 Å². The molecule has 0 radical (unpaired) electrons. The van der Waals surface area contributed by atoms with Crippen molar-refractivity contribution in [2.45, 2.75) is 12.2 Å². The molecule has 122 valence electrons. The van der Waals surface area contributed by atoms with Crippen molar-refractivity contribution in [3.05, 3.63) is 65.7 Å². The van der Waals surface area contributed by atoms with Gasteiger partial charge in [-0.1, -0.05) is 18.2 Å². The molecule has 0 bridgehead atoms. The number of anilines is 1. The number of thioether (sulfide) groups is 1. The predicted molar refractivity (Wildman–Crippen MR) is 97.8 cm³/mol. The molecule has 23 heavy (non-hydrogen) atoms. The van der Waals surface area contributed by atoms with E-state index in [9.17, 15) is 8.78 Å². The summed E-state index contributed by atoms with van der Waals surface area (Å²) in [5.41, 5.74) is 1.75. The van der Waals surface area contributed by atoms with Crippen LogP contribution in [0.4, 0.5) is 14.5 Å². The van der Waals surface area contributed by atoms with Gasteiger partial charge in [-0.15, -0.1) is 0 Å². The quantitative estimate of drug-likeness (QED) is 0.563. The van der Waals surface area contributed by atoms with E-state index in [4.69, 9.17) is 12.2 Å². The topological polar surface area (TPSA) is 24.1 Å². The van der Waals surface area contributed by atoms with Gasteiger partial charge in [0.25, 0.3) is 0 Å². The van der Waals surface area contributed by atoms with Crippen molar-refractivity contribution < 1.29 is 8.78 Å². The standard InChI is InChI=1S/C17H18F2N2S2/c18-14-7-5-13(6-8-14)12-23-10-2-9-20-17(22)21-16-4-1-3-15(19)11-16/h1,3-8,11H,2,9-10,12H2,(H2,20,21,22). The molecule has 2 N–H and O–H groups in total. The minimum Gasteiger partial charge on any atom is -0.362 e. The first kappa shape index (κ1) is 17.7. The zero-order valence-electron chi connectivity index (χ0n) is 12.5. The maximum Gasteiger partial charge on any atom is 0.170 e. The maximum atomic E-state index is 13.0. The molecule has 0 heterocycles. The summed E-state index contributed by atoms with van der Waals surface area (Å²) in [6, 6.07) is 12.7. The second kappa shape index (κ2) is 9.47. The molecular weight excluding hydrogens is 334 g/mol. The highest BCUT2D eigenvalue weighted by Gasteiger charge is 1.99. The van der Waals surface area contributed by atoms with Gasteiger partial charge in [0.05, 0.1) is 0 Å². The van der Waals surface area contributed by atoms with Gasteiger partial charge in [-0.3, -0.25) is 0 Å². The lowest BCUT2D eigenvalue weighted by Crippen LogP contribution is -2.29. The van der Waals surface area contributed by atoms with Crippen LogP contribution in [0.1, 0.15) is 12.0 Å². The third-order valence-corrected chi connectivity index (χ3v) is 4.38. The molecule has 6 heteroatoms. The fourth-order valence-electron chi connectivity index (χ4n) is 1.89. The van der Waals surface area contributed by atoms with E-state index in [0.29, 0.717) is 10.8 Å². The molecule has 0 aromatic heterocycles. The van der Waals surface area contributed by atoms with E-state index < -0.39 is 0 Å². The highest BCUT2D eigenvalue weighted by atomic mass is 32.2. The van der Waals surface area contributed by atoms with E-state index in [2.05, 4.69) is 10.6 Å². The van der Waals surface area contributed by atoms with Crippen LogP contribution < -0.4 is 10.6 Å². The zero-order valence-corrected chi connectivity index (χ0v) is 14.2. The molecule has 0 aliphatic heterocycles. The normalized spacial score (nSPS) is 10.3. The molecule has 2 rings (SSSR count). The Balaban J connectivity index is 1.56. The summed E-state index contributed by atoms with van der Waals surface area (Å²) in [5, 5.41) is 6.52. The Kier molecular flexibility index (Phi) is 7.29. The van der Waals surface area contributed by atoms with Crippen molar-refractivity contribution >= 4 is 34.8 Å². The average Bonchev–Trinajstić information content (AvgIpc) is 2.52. The Labute approximate surface area is 144 Å². The number of halogens is 2. The molecule has 0 amide bonds. The van der Waals surface area contributed by atoms with Crippen molar-refractivity contribution in [2.75, 3.05) is 17.6 Å². The van der Waals surface area contributed by atoms with Crippen LogP contribution in [0.3, 0.4) is 0 Å². The van der Waals surface area contributed by atoms with Crippen molar-refractivity contribution in [1.29, 1.82) is 0 Å². The molecule has 2 nitrogen and oxygen atoms in total. The second-order valence-electron chi connectivity index (χ2n) is 4.92. The smallest absolute Gasteiger partial charge is 0.170 e. The molecule has 0 aliphatic rings. The van der Waals surface area contributed by atoms with Gasteiger partial charge in [-0.05, 0) is 60.3 Å². The monoisotopic (exact) mass is 352 g/mol. The maximum absolute atomic E-state index is 13.0. The Morgan fingerprint density at radius 1 is 1.04 bits per heavy atom. The van der Waals surface area contributed by atoms with Crippen LogP contribution in [0.2, 0.25) is 0 Å². The molecule has 2 aromatic rings. The number of nitrogens with one attached hydrogen (secondary N) is 2. The first-order valence-corrected chi connectivity index (χ1v) is 8.82. The van der Waals surface area contributed by atoms with Gasteiger partial charge in [0, 0.05) is 18.0 Å². The lowest BCUT2D eigenvalue weighted by molar-refractivity contribution is 0.627. The molecule has 0 aliphatic carbocycles. The van der Waals surface area contributed by atoms with Crippen molar-refractivity contribution in [1.82, 2.24) is 5.32 Å². The van der Waals surface area contributed by atoms with E-state index in [-0.39, 0.29) is 11.6 Å². The first-order valence-electron chi connectivity index (χ1n) is 7.26. The minimum absolute atomic E-state index is 0.206. The van der Waals surface area contributed by atoms with Gasteiger partial charge >= 0.3 is 0 Å². The number of benzene rings is 2. The Morgan fingerprint density at radius 2 is 1.83 bits per heavy atom. The lowest BCUT2D eigenvalue weighted by atomic mass is 10.2. The molecule has 0 spiro atoms. The summed E-state index contributed by atoms with van der Waals surface area (Å²) >= 11 is 6.95. The summed E-state index contributed by atoms with van der Waals surface area (Å²) in [6.07, 6.45) is 0.955. The Bertz CT molecular complexity index is 633. The van der Waals surface area contributed by atoms with E-state index in [1.165, 1.54) is 24.3 Å². The van der Waals surface area contributed by atoms with Crippen LogP contribution in [0.25, 0.3) is 0 Å². The molecule has 0 atom stereocenters. The molecule has 0 saturated carbocycles. The Hall–Kier alpha value is -1.66. The summed E-state index contributed by atoms with van der Waals surface area (Å²) < 4.78 is 25.8. The van der Waals surface area contributed by atoms with E-state index >= 15 is 0 Å². The van der Waals surface area contributed by atoms with Crippen LogP contribution in [-0.2, 0) is 5.75 Å². The second-order valence-corrected chi connectivity index (χ2v) is 6.44. The van der Waals surface area contributed by atoms with Gasteiger partial charge in [0.2, 0.25) is 0 Å². The van der Waals surface area contributed by atoms with Crippen molar-refractivity contribution in [3.63, 3.8) is 0 Å². The number of hydrogen-bond acceptors (Lipinski definition) is 2. The molecule has 0 fully saturated rings. The van der Waals surface area contributed by atoms with Crippen molar-refractivity contribution in [3.8, 4) is 0 Å². The first-order chi connectivity index (χ1) is 11.1. The SMILES string of the molecule is Fc1ccc(CSCCCNC(=S)Nc2cccc(F)c2)cc1. The van der Waals surface area contributed by atoms with Crippen molar-refractivity contribution in [2.24, 2.45) is 0 Å². The third kappa shape index (κ3) is 6.97. The highest BCUT2D eigenvalue weighted by molar-refractivity contribution is 7.98. The summed E-state index contributed by atoms with van der Waals surface area (Å²) in [7, 11) is 0. The van der Waals surface area contributed by atoms with E-state index in [1.54, 1.807) is 36.0 Å². The third-order valence-electron chi connectivity index (χ3n) is 3.02. The van der Waals surface area contributed by atoms with Gasteiger partial charge < -0.3 is 10.6 Å². The minimum atomic E-state index is -0.296. The predicted octanol–water partition coefficient (Wildman–Crippen LogP) is 4.57. The fraction of sp³-hybridized carbons (Fsp3) is 0.235. The van der Waals surface area contributed by atoms with Gasteiger partial charge in [-0.25, -0.2) is 8.78 Å². The van der Waals surface area contributed by atoms with Crippen LogP contribution in [0.5, 0.6) is 0 Å². The number of rotatable bonds is 7. The largest absolute Gasteiger partial charge is 0.362 e. The highest BCUT2D eigenvalue weighted by Crippen LogP contribution is 2.13. The lowest BCUT2D eigenvalue weighted by Gasteiger charge is -2.10. The van der Waals surface area contributed by atoms with Gasteiger partial charge in [-0.2, -0.15) is 11.8 Å². The van der Waals surface area contributed by atoms with Crippen LogP contribution in [-0.4, -0.2) is 17.4 Å². The molecule has 0 unspecified atom stereocenters. The summed E-state index contributed by atoms with van der Waals surface area (Å²) in [4.78, 5) is 0. The summed E-state index contributed by atoms with van der Waals surface area (Å²) in [6.45, 7) is 0.748. The number of thiocarbonyl (C=S) groups is 1. The molecular formula is C17H18F2N2S2. The molecule has 2 aromatic carbocycles. The Morgan fingerprint density at radius 3 is 2.57 bits per heavy atom. The van der Waals surface area contributed by atoms with E-state index in [0.717, 1.165) is 30.0 Å². The summed E-state index contributed by atoms with van der Waals surface area (Å²) in [5.74, 6) is 1.34.